The summed E-state index contributed by atoms with van der Waals surface area (Å²) in [4.78, 5) is 0. The van der Waals surface area contributed by atoms with E-state index in [1.54, 1.807) is 18.2 Å². The molecule has 0 aliphatic rings. The van der Waals surface area contributed by atoms with Crippen molar-refractivity contribution in [2.45, 2.75) is 13.0 Å². The summed E-state index contributed by atoms with van der Waals surface area (Å²) in [6.07, 6.45) is 0.661. The topological polar surface area (TPSA) is 12.0 Å². The first kappa shape index (κ1) is 14.3. The van der Waals surface area contributed by atoms with Crippen molar-refractivity contribution in [3.05, 3.63) is 69.5 Å². The average molecular weight is 298 g/mol. The maximum absolute atomic E-state index is 13.4. The molecule has 1 N–H and O–H groups in total. The van der Waals surface area contributed by atoms with Crippen LogP contribution in [0.15, 0.2) is 42.5 Å². The maximum atomic E-state index is 13.4. The Bertz CT molecular complexity index is 558. The first-order valence-corrected chi connectivity index (χ1v) is 6.80. The molecule has 0 atom stereocenters. The number of rotatable bonds is 5. The molecule has 0 aromatic heterocycles. The molecule has 0 heterocycles. The molecule has 0 amide bonds. The van der Waals surface area contributed by atoms with E-state index in [-0.39, 0.29) is 5.82 Å². The van der Waals surface area contributed by atoms with Gasteiger partial charge in [0, 0.05) is 6.54 Å². The summed E-state index contributed by atoms with van der Waals surface area (Å²) in [5, 5.41) is 4.36. The fraction of sp³-hybridized carbons (Fsp3) is 0.200. The van der Waals surface area contributed by atoms with Gasteiger partial charge in [0.25, 0.3) is 0 Å². The molecule has 0 unspecified atom stereocenters. The molecule has 0 aliphatic carbocycles. The van der Waals surface area contributed by atoms with Crippen molar-refractivity contribution in [2.24, 2.45) is 0 Å². The Labute approximate surface area is 122 Å². The summed E-state index contributed by atoms with van der Waals surface area (Å²) in [6, 6.07) is 12.4. The van der Waals surface area contributed by atoms with Crippen LogP contribution in [0, 0.1) is 5.82 Å². The Morgan fingerprint density at radius 2 is 1.79 bits per heavy atom. The Kier molecular flexibility index (Phi) is 5.20. The normalized spacial score (nSPS) is 10.7. The van der Waals surface area contributed by atoms with Crippen molar-refractivity contribution in [1.29, 1.82) is 0 Å². The molecule has 2 aromatic carbocycles. The predicted molar refractivity (Wildman–Crippen MR) is 78.3 cm³/mol. The van der Waals surface area contributed by atoms with Gasteiger partial charge in [-0.2, -0.15) is 0 Å². The van der Waals surface area contributed by atoms with Crippen LogP contribution in [0.3, 0.4) is 0 Å². The Balaban J connectivity index is 1.81. The van der Waals surface area contributed by atoms with Gasteiger partial charge in [-0.15, -0.1) is 0 Å². The van der Waals surface area contributed by atoms with E-state index in [2.05, 4.69) is 5.32 Å². The van der Waals surface area contributed by atoms with E-state index in [1.165, 1.54) is 6.07 Å². The third-order valence-electron chi connectivity index (χ3n) is 2.84. The molecule has 2 rings (SSSR count). The smallest absolute Gasteiger partial charge is 0.126 e. The van der Waals surface area contributed by atoms with E-state index in [4.69, 9.17) is 23.2 Å². The van der Waals surface area contributed by atoms with Crippen molar-refractivity contribution < 1.29 is 4.39 Å². The minimum atomic E-state index is -0.154. The van der Waals surface area contributed by atoms with E-state index >= 15 is 0 Å². The van der Waals surface area contributed by atoms with Gasteiger partial charge < -0.3 is 5.32 Å². The van der Waals surface area contributed by atoms with Crippen LogP contribution >= 0.6 is 23.2 Å². The Morgan fingerprint density at radius 3 is 2.53 bits per heavy atom. The lowest BCUT2D eigenvalue weighted by atomic mass is 10.1. The van der Waals surface area contributed by atoms with Gasteiger partial charge in [-0.3, -0.25) is 0 Å². The van der Waals surface area contributed by atoms with Gasteiger partial charge in [0.05, 0.1) is 10.0 Å². The van der Waals surface area contributed by atoms with Crippen LogP contribution in [0.4, 0.5) is 4.39 Å². The SMILES string of the molecule is Fc1ccccc1CCNCc1ccc(Cl)c(Cl)c1. The van der Waals surface area contributed by atoms with Crippen molar-refractivity contribution in [3.8, 4) is 0 Å². The molecule has 100 valence electrons. The van der Waals surface area contributed by atoms with Gasteiger partial charge in [0.2, 0.25) is 0 Å². The number of hydrogen-bond acceptors (Lipinski definition) is 1. The molecule has 0 bridgehead atoms. The third-order valence-corrected chi connectivity index (χ3v) is 3.58. The van der Waals surface area contributed by atoms with Crippen LogP contribution in [0.5, 0.6) is 0 Å². The summed E-state index contributed by atoms with van der Waals surface area (Å²) in [5.74, 6) is -0.154. The standard InChI is InChI=1S/C15H14Cl2FN/c16-13-6-5-11(9-14(13)17)10-19-8-7-12-3-1-2-4-15(12)18/h1-6,9,19H,7-8,10H2. The van der Waals surface area contributed by atoms with Crippen LogP contribution in [0.2, 0.25) is 10.0 Å². The fourth-order valence-corrected chi connectivity index (χ4v) is 2.13. The third kappa shape index (κ3) is 4.20. The minimum Gasteiger partial charge on any atom is -0.312 e. The molecule has 0 spiro atoms. The summed E-state index contributed by atoms with van der Waals surface area (Å²) in [5.41, 5.74) is 1.78. The highest BCUT2D eigenvalue weighted by Crippen LogP contribution is 2.22. The van der Waals surface area contributed by atoms with E-state index in [9.17, 15) is 4.39 Å². The van der Waals surface area contributed by atoms with Crippen molar-refractivity contribution >= 4 is 23.2 Å². The summed E-state index contributed by atoms with van der Waals surface area (Å²) in [6.45, 7) is 1.40. The number of hydrogen-bond donors (Lipinski definition) is 1. The van der Waals surface area contributed by atoms with Crippen molar-refractivity contribution in [2.75, 3.05) is 6.54 Å². The number of benzene rings is 2. The van der Waals surface area contributed by atoms with Gasteiger partial charge in [0.15, 0.2) is 0 Å². The second-order valence-electron chi connectivity index (χ2n) is 4.27. The summed E-state index contributed by atoms with van der Waals surface area (Å²) in [7, 11) is 0. The molecule has 0 aliphatic heterocycles. The van der Waals surface area contributed by atoms with E-state index in [0.717, 1.165) is 11.1 Å². The van der Waals surface area contributed by atoms with E-state index in [1.807, 2.05) is 18.2 Å². The Morgan fingerprint density at radius 1 is 1.00 bits per heavy atom. The fourth-order valence-electron chi connectivity index (χ4n) is 1.81. The molecule has 0 fully saturated rings. The van der Waals surface area contributed by atoms with Crippen LogP contribution in [-0.2, 0) is 13.0 Å². The molecule has 0 saturated carbocycles. The molecular formula is C15H14Cl2FN. The zero-order chi connectivity index (χ0) is 13.7. The molecule has 1 nitrogen and oxygen atoms in total. The van der Waals surface area contributed by atoms with Crippen LogP contribution in [0.1, 0.15) is 11.1 Å². The molecule has 0 radical (unpaired) electrons. The monoisotopic (exact) mass is 297 g/mol. The zero-order valence-electron chi connectivity index (χ0n) is 10.3. The molecule has 19 heavy (non-hydrogen) atoms. The quantitative estimate of drug-likeness (QED) is 0.803. The first-order chi connectivity index (χ1) is 9.16. The molecule has 2 aromatic rings. The van der Waals surface area contributed by atoms with Crippen LogP contribution < -0.4 is 5.32 Å². The second-order valence-corrected chi connectivity index (χ2v) is 5.08. The number of nitrogens with one attached hydrogen (secondary N) is 1. The lowest BCUT2D eigenvalue weighted by molar-refractivity contribution is 0.598. The molecule has 0 saturated heterocycles. The summed E-state index contributed by atoms with van der Waals surface area (Å²) < 4.78 is 13.4. The molecular weight excluding hydrogens is 284 g/mol. The van der Waals surface area contributed by atoms with Gasteiger partial charge >= 0.3 is 0 Å². The van der Waals surface area contributed by atoms with E-state index < -0.39 is 0 Å². The van der Waals surface area contributed by atoms with Gasteiger partial charge in [-0.05, 0) is 42.3 Å². The lowest BCUT2D eigenvalue weighted by Crippen LogP contribution is -2.17. The highest BCUT2D eigenvalue weighted by Gasteiger charge is 2.01. The van der Waals surface area contributed by atoms with Crippen molar-refractivity contribution in [1.82, 2.24) is 5.32 Å². The second kappa shape index (κ2) is 6.90. The predicted octanol–water partition coefficient (Wildman–Crippen LogP) is 4.46. The van der Waals surface area contributed by atoms with Gasteiger partial charge in [-0.1, -0.05) is 47.5 Å². The first-order valence-electron chi connectivity index (χ1n) is 6.05. The lowest BCUT2D eigenvalue weighted by Gasteiger charge is -2.07. The van der Waals surface area contributed by atoms with E-state index in [0.29, 0.717) is 29.6 Å². The Hall–Kier alpha value is -1.09. The van der Waals surface area contributed by atoms with Crippen molar-refractivity contribution in [3.63, 3.8) is 0 Å². The molecule has 4 heteroatoms. The maximum Gasteiger partial charge on any atom is 0.126 e. The number of halogens is 3. The highest BCUT2D eigenvalue weighted by atomic mass is 35.5. The highest BCUT2D eigenvalue weighted by molar-refractivity contribution is 6.42. The van der Waals surface area contributed by atoms with Crippen LogP contribution in [0.25, 0.3) is 0 Å². The minimum absolute atomic E-state index is 0.154. The zero-order valence-corrected chi connectivity index (χ0v) is 11.8. The summed E-state index contributed by atoms with van der Waals surface area (Å²) >= 11 is 11.8. The van der Waals surface area contributed by atoms with Crippen LogP contribution in [-0.4, -0.2) is 6.54 Å². The average Bonchev–Trinajstić information content (AvgIpc) is 2.40. The van der Waals surface area contributed by atoms with Gasteiger partial charge in [0.1, 0.15) is 5.82 Å². The largest absolute Gasteiger partial charge is 0.312 e. The van der Waals surface area contributed by atoms with Gasteiger partial charge in [-0.25, -0.2) is 4.39 Å².